The van der Waals surface area contributed by atoms with Gasteiger partial charge in [-0.05, 0) is 23.7 Å². The monoisotopic (exact) mass is 393 g/mol. The molecule has 0 spiro atoms. The van der Waals surface area contributed by atoms with Crippen molar-refractivity contribution in [3.05, 3.63) is 48.7 Å². The second-order valence-corrected chi connectivity index (χ2v) is 6.48. The average Bonchev–Trinajstić information content (AvgIpc) is 3.32. The lowest BCUT2D eigenvalue weighted by atomic mass is 10.2. The maximum absolute atomic E-state index is 10.6. The summed E-state index contributed by atoms with van der Waals surface area (Å²) < 4.78 is 11.2. The predicted octanol–water partition coefficient (Wildman–Crippen LogP) is 5.57. The summed E-state index contributed by atoms with van der Waals surface area (Å²) in [6.45, 7) is 0. The van der Waals surface area contributed by atoms with Crippen LogP contribution in [0.3, 0.4) is 0 Å². The maximum atomic E-state index is 10.6. The lowest BCUT2D eigenvalue weighted by molar-refractivity contribution is 0.413. The van der Waals surface area contributed by atoms with Crippen molar-refractivity contribution in [3.63, 3.8) is 0 Å². The number of phenolic OH excluding ortho intramolecular Hbond substituents is 1. The van der Waals surface area contributed by atoms with Gasteiger partial charge in [0, 0.05) is 30.6 Å². The molecule has 0 atom stereocenters. The summed E-state index contributed by atoms with van der Waals surface area (Å²) in [6, 6.07) is 12.5. The molecule has 2 aromatic heterocycles. The van der Waals surface area contributed by atoms with Crippen molar-refractivity contribution in [1.29, 1.82) is 0 Å². The summed E-state index contributed by atoms with van der Waals surface area (Å²) in [5.74, 6) is 0.866. The molecule has 28 heavy (non-hydrogen) atoms. The zero-order valence-electron chi connectivity index (χ0n) is 15.0. The van der Waals surface area contributed by atoms with E-state index in [1.165, 1.54) is 18.6 Å². The lowest BCUT2D eigenvalue weighted by Crippen LogP contribution is -1.87. The number of ether oxygens (including phenoxy) is 1. The molecule has 1 N–H and O–H groups in total. The number of rotatable bonds is 5. The molecule has 0 unspecified atom stereocenters. The summed E-state index contributed by atoms with van der Waals surface area (Å²) in [6.07, 6.45) is 1.61. The van der Waals surface area contributed by atoms with Gasteiger partial charge in [0.15, 0.2) is 16.6 Å². The van der Waals surface area contributed by atoms with Crippen molar-refractivity contribution in [2.45, 2.75) is 0 Å². The zero-order valence-corrected chi connectivity index (χ0v) is 15.8. The van der Waals surface area contributed by atoms with Crippen LogP contribution in [0.4, 0.5) is 22.2 Å². The molecule has 0 radical (unpaired) electrons. The molecule has 4 rings (SSSR count). The molecule has 0 saturated heterocycles. The molecule has 4 aromatic rings. The largest absolute Gasteiger partial charge is 0.504 e. The first kappa shape index (κ1) is 17.7. The summed E-state index contributed by atoms with van der Waals surface area (Å²) in [5.41, 5.74) is 1.28. The Kier molecular flexibility index (Phi) is 4.77. The van der Waals surface area contributed by atoms with E-state index >= 15 is 0 Å². The number of aryl methyl sites for hydroxylation is 1. The Morgan fingerprint density at radius 1 is 1.04 bits per heavy atom. The van der Waals surface area contributed by atoms with Gasteiger partial charge in [-0.15, -0.1) is 20.5 Å². The van der Waals surface area contributed by atoms with Gasteiger partial charge in [-0.2, -0.15) is 9.47 Å². The molecule has 0 fully saturated rings. The third-order valence-corrected chi connectivity index (χ3v) is 4.71. The summed E-state index contributed by atoms with van der Waals surface area (Å²) in [5, 5.41) is 32.7. The van der Waals surface area contributed by atoms with Crippen molar-refractivity contribution in [2.75, 3.05) is 7.11 Å². The maximum Gasteiger partial charge on any atom is 0.172 e. The van der Waals surface area contributed by atoms with Crippen LogP contribution in [0.5, 0.6) is 11.5 Å². The van der Waals surface area contributed by atoms with E-state index in [2.05, 4.69) is 29.9 Å². The Hall–Kier alpha value is -3.66. The van der Waals surface area contributed by atoms with Gasteiger partial charge in [-0.25, -0.2) is 4.68 Å². The fourth-order valence-electron chi connectivity index (χ4n) is 2.47. The van der Waals surface area contributed by atoms with E-state index in [9.17, 15) is 5.11 Å². The third-order valence-electron chi connectivity index (χ3n) is 3.95. The van der Waals surface area contributed by atoms with Crippen LogP contribution < -0.4 is 4.74 Å². The molecule has 0 bridgehead atoms. The molecule has 10 heteroatoms. The number of fused-ring (bicyclic) bond motifs is 1. The van der Waals surface area contributed by atoms with Crippen molar-refractivity contribution in [2.24, 2.45) is 27.5 Å². The van der Waals surface area contributed by atoms with Gasteiger partial charge in [-0.1, -0.05) is 12.1 Å². The van der Waals surface area contributed by atoms with Crippen molar-refractivity contribution in [3.8, 4) is 11.5 Å². The highest BCUT2D eigenvalue weighted by atomic mass is 32.1. The highest BCUT2D eigenvalue weighted by Crippen LogP contribution is 2.42. The highest BCUT2D eigenvalue weighted by molar-refractivity contribution is 7.11. The van der Waals surface area contributed by atoms with Crippen molar-refractivity contribution < 1.29 is 9.84 Å². The number of phenols is 1. The van der Waals surface area contributed by atoms with E-state index in [0.29, 0.717) is 16.6 Å². The van der Waals surface area contributed by atoms with Gasteiger partial charge in [0.05, 0.1) is 18.8 Å². The first-order valence-electron chi connectivity index (χ1n) is 8.22. The van der Waals surface area contributed by atoms with Crippen LogP contribution >= 0.6 is 11.5 Å². The van der Waals surface area contributed by atoms with Crippen LogP contribution in [-0.2, 0) is 7.05 Å². The number of methoxy groups -OCH3 is 1. The second kappa shape index (κ2) is 7.53. The number of hydrogen-bond donors (Lipinski definition) is 1. The van der Waals surface area contributed by atoms with Gasteiger partial charge in [0.25, 0.3) is 0 Å². The van der Waals surface area contributed by atoms with Crippen LogP contribution in [0, 0.1) is 0 Å². The topological polar surface area (TPSA) is 110 Å². The minimum Gasteiger partial charge on any atom is -0.504 e. The molecule has 0 aliphatic heterocycles. The van der Waals surface area contributed by atoms with Crippen LogP contribution in [0.2, 0.25) is 0 Å². The van der Waals surface area contributed by atoms with E-state index in [-0.39, 0.29) is 17.1 Å². The number of benzene rings is 2. The van der Waals surface area contributed by atoms with Gasteiger partial charge in [-0.3, -0.25) is 0 Å². The fraction of sp³-hybridized carbons (Fsp3) is 0.111. The molecule has 0 saturated carbocycles. The summed E-state index contributed by atoms with van der Waals surface area (Å²) in [7, 11) is 3.27. The van der Waals surface area contributed by atoms with E-state index in [1.807, 2.05) is 24.3 Å². The minimum absolute atomic E-state index is 0.149. The van der Waals surface area contributed by atoms with E-state index in [0.717, 1.165) is 10.9 Å². The molecule has 9 nitrogen and oxygen atoms in total. The third kappa shape index (κ3) is 3.45. The SMILES string of the molecule is COc1cc(/N=N/c2snc3ccccc23)c(O)c(/N=N/c2ccnn2C)c1. The molecule has 140 valence electrons. The Bertz CT molecular complexity index is 1200. The number of aromatic hydroxyl groups is 1. The molecule has 0 amide bonds. The summed E-state index contributed by atoms with van der Waals surface area (Å²) in [4.78, 5) is 0. The Morgan fingerprint density at radius 3 is 2.50 bits per heavy atom. The smallest absolute Gasteiger partial charge is 0.172 e. The van der Waals surface area contributed by atoms with E-state index in [1.54, 1.807) is 36.1 Å². The standard InChI is InChI=1S/C18H15N7O2S/c1-25-16(7-8-19-25)22-20-14-9-11(27-2)10-15(17(14)26)21-23-18-12-5-3-4-6-13(12)24-28-18/h3-10,26H,1-2H3/b22-20+,23-21+. The van der Waals surface area contributed by atoms with Crippen molar-refractivity contribution >= 4 is 44.6 Å². The molecule has 0 aliphatic carbocycles. The molecule has 2 aromatic carbocycles. The van der Waals surface area contributed by atoms with Crippen LogP contribution in [0.15, 0.2) is 69.1 Å². The molecule has 2 heterocycles. The lowest BCUT2D eigenvalue weighted by Gasteiger charge is -2.05. The van der Waals surface area contributed by atoms with Gasteiger partial charge < -0.3 is 9.84 Å². The van der Waals surface area contributed by atoms with Crippen LogP contribution in [0.1, 0.15) is 0 Å². The Labute approximate surface area is 163 Å². The van der Waals surface area contributed by atoms with Gasteiger partial charge in [0.1, 0.15) is 17.1 Å². The first-order valence-corrected chi connectivity index (χ1v) is 9.00. The highest BCUT2D eigenvalue weighted by Gasteiger charge is 2.12. The fourth-order valence-corrected chi connectivity index (χ4v) is 3.16. The Balaban J connectivity index is 1.70. The second-order valence-electron chi connectivity index (χ2n) is 5.73. The van der Waals surface area contributed by atoms with E-state index < -0.39 is 0 Å². The number of azo groups is 2. The molecule has 0 aliphatic rings. The van der Waals surface area contributed by atoms with Gasteiger partial charge in [0.2, 0.25) is 0 Å². The Morgan fingerprint density at radius 2 is 1.79 bits per heavy atom. The van der Waals surface area contributed by atoms with Crippen molar-refractivity contribution in [1.82, 2.24) is 14.2 Å². The molecular weight excluding hydrogens is 378 g/mol. The number of aromatic nitrogens is 3. The quantitative estimate of drug-likeness (QED) is 0.447. The van der Waals surface area contributed by atoms with E-state index in [4.69, 9.17) is 4.74 Å². The molecular formula is C18H15N7O2S. The van der Waals surface area contributed by atoms with Crippen LogP contribution in [0.25, 0.3) is 10.9 Å². The minimum atomic E-state index is -0.149. The predicted molar refractivity (Wildman–Crippen MR) is 106 cm³/mol. The van der Waals surface area contributed by atoms with Crippen LogP contribution in [-0.4, -0.2) is 26.4 Å². The number of hydrogen-bond acceptors (Lipinski definition) is 9. The number of nitrogens with zero attached hydrogens (tertiary/aromatic N) is 7. The average molecular weight is 393 g/mol. The first-order chi connectivity index (χ1) is 13.7. The van der Waals surface area contributed by atoms with Gasteiger partial charge >= 0.3 is 0 Å². The summed E-state index contributed by atoms with van der Waals surface area (Å²) >= 11 is 1.24. The normalized spacial score (nSPS) is 11.8. The zero-order chi connectivity index (χ0) is 19.5.